The average molecular weight is 161 g/mol. The maximum Gasteiger partial charge on any atom is -0.0190 e. The average Bonchev–Trinajstić information content (AvgIpc) is 2.03. The van der Waals surface area contributed by atoms with Crippen LogP contribution in [0.1, 0.15) is 36.5 Å². The Morgan fingerprint density at radius 3 is 2.50 bits per heavy atom. The van der Waals surface area contributed by atoms with E-state index in [4.69, 9.17) is 0 Å². The van der Waals surface area contributed by atoms with E-state index in [1.807, 2.05) is 0 Å². The van der Waals surface area contributed by atoms with Crippen molar-refractivity contribution < 1.29 is 0 Å². The predicted molar refractivity (Wildman–Crippen MR) is 54.3 cm³/mol. The third kappa shape index (κ3) is 2.10. The maximum atomic E-state index is 4.03. The van der Waals surface area contributed by atoms with Gasteiger partial charge in [-0.15, -0.1) is 0 Å². The lowest BCUT2D eigenvalue weighted by molar-refractivity contribution is 0.951. The van der Waals surface area contributed by atoms with Crippen LogP contribution in [0.5, 0.6) is 0 Å². The van der Waals surface area contributed by atoms with Gasteiger partial charge in [-0.2, -0.15) is 0 Å². The van der Waals surface area contributed by atoms with Gasteiger partial charge in [-0.1, -0.05) is 37.6 Å². The summed E-state index contributed by atoms with van der Waals surface area (Å²) in [5.41, 5.74) is 4.12. The highest BCUT2D eigenvalue weighted by Gasteiger charge is 2.00. The summed E-state index contributed by atoms with van der Waals surface area (Å²) in [7, 11) is 0. The van der Waals surface area contributed by atoms with Gasteiger partial charge in [0.05, 0.1) is 0 Å². The highest BCUT2D eigenvalue weighted by atomic mass is 14.1. The molecular formula is C12H17. The molecule has 65 valence electrons. The molecule has 0 N–H and O–H groups in total. The molecule has 0 saturated heterocycles. The van der Waals surface area contributed by atoms with E-state index in [1.54, 1.807) is 0 Å². The largest absolute Gasteiger partial charge is 0.0613 e. The second kappa shape index (κ2) is 3.75. The minimum atomic E-state index is 0.398. The lowest BCUT2D eigenvalue weighted by atomic mass is 9.97. The molecule has 0 aliphatic heterocycles. The van der Waals surface area contributed by atoms with Crippen LogP contribution in [0, 0.1) is 13.8 Å². The van der Waals surface area contributed by atoms with E-state index in [0.29, 0.717) is 5.92 Å². The molecule has 0 spiro atoms. The zero-order chi connectivity index (χ0) is 9.14. The van der Waals surface area contributed by atoms with Crippen LogP contribution >= 0.6 is 0 Å². The molecule has 0 aliphatic carbocycles. The summed E-state index contributed by atoms with van der Waals surface area (Å²) in [4.78, 5) is 0. The van der Waals surface area contributed by atoms with E-state index in [1.165, 1.54) is 16.7 Å². The summed E-state index contributed by atoms with van der Waals surface area (Å²) in [6, 6.07) is 6.72. The van der Waals surface area contributed by atoms with Gasteiger partial charge in [0.15, 0.2) is 0 Å². The first-order valence-corrected chi connectivity index (χ1v) is 4.57. The van der Waals surface area contributed by atoms with Crippen LogP contribution in [-0.2, 0) is 6.42 Å². The quantitative estimate of drug-likeness (QED) is 0.622. The van der Waals surface area contributed by atoms with Gasteiger partial charge < -0.3 is 0 Å². The normalized spacial score (nSPS) is 10.8. The Morgan fingerprint density at radius 2 is 2.00 bits per heavy atom. The molecule has 1 rings (SSSR count). The molecule has 0 aromatic heterocycles. The Hall–Kier alpha value is -0.780. The fraction of sp³-hybridized carbons (Fsp3) is 0.417. The van der Waals surface area contributed by atoms with Gasteiger partial charge in [-0.25, -0.2) is 0 Å². The van der Waals surface area contributed by atoms with Crippen molar-refractivity contribution in [3.05, 3.63) is 41.8 Å². The Bertz CT molecular complexity index is 259. The van der Waals surface area contributed by atoms with Crippen molar-refractivity contribution in [1.82, 2.24) is 0 Å². The molecule has 0 fully saturated rings. The molecule has 1 aromatic rings. The molecule has 0 amide bonds. The highest BCUT2D eigenvalue weighted by molar-refractivity contribution is 5.31. The molecule has 12 heavy (non-hydrogen) atoms. The maximum absolute atomic E-state index is 4.03. The minimum absolute atomic E-state index is 0.398. The second-order valence-electron chi connectivity index (χ2n) is 3.51. The Labute approximate surface area is 75.6 Å². The van der Waals surface area contributed by atoms with Crippen molar-refractivity contribution >= 4 is 0 Å². The Morgan fingerprint density at radius 1 is 1.33 bits per heavy atom. The fourth-order valence-electron chi connectivity index (χ4n) is 1.38. The van der Waals surface area contributed by atoms with Crippen molar-refractivity contribution in [2.24, 2.45) is 0 Å². The molecular weight excluding hydrogens is 144 g/mol. The van der Waals surface area contributed by atoms with E-state index < -0.39 is 0 Å². The summed E-state index contributed by atoms with van der Waals surface area (Å²) >= 11 is 0. The van der Waals surface area contributed by atoms with Crippen molar-refractivity contribution in [3.8, 4) is 0 Å². The van der Waals surface area contributed by atoms with Crippen LogP contribution in [0.15, 0.2) is 18.2 Å². The van der Waals surface area contributed by atoms with Crippen molar-refractivity contribution in [1.29, 1.82) is 0 Å². The molecule has 0 saturated carbocycles. The summed E-state index contributed by atoms with van der Waals surface area (Å²) in [6.07, 6.45) is 1.11. The molecule has 0 heterocycles. The van der Waals surface area contributed by atoms with Crippen LogP contribution in [0.2, 0.25) is 0 Å². The lowest BCUT2D eigenvalue weighted by Crippen LogP contribution is -1.91. The topological polar surface area (TPSA) is 0 Å². The molecule has 1 aromatic carbocycles. The number of rotatable bonds is 2. The van der Waals surface area contributed by atoms with Gasteiger partial charge in [0.2, 0.25) is 0 Å². The Balaban J connectivity index is 3.06. The zero-order valence-electron chi connectivity index (χ0n) is 8.22. The van der Waals surface area contributed by atoms with Crippen molar-refractivity contribution in [2.45, 2.75) is 33.1 Å². The summed E-state index contributed by atoms with van der Waals surface area (Å²) in [6.45, 7) is 10.5. The molecule has 1 unspecified atom stereocenters. The van der Waals surface area contributed by atoms with Crippen LogP contribution in [0.3, 0.4) is 0 Å². The number of aryl methyl sites for hydroxylation is 2. The third-order valence-corrected chi connectivity index (χ3v) is 2.14. The summed E-state index contributed by atoms with van der Waals surface area (Å²) in [5, 5.41) is 0. The first-order chi connectivity index (χ1) is 5.63. The van der Waals surface area contributed by atoms with Gasteiger partial charge >= 0.3 is 0 Å². The summed E-state index contributed by atoms with van der Waals surface area (Å²) in [5.74, 6) is 0.398. The van der Waals surface area contributed by atoms with Gasteiger partial charge in [-0.05, 0) is 37.3 Å². The standard InChI is InChI=1S/C12H17/c1-5-11-6-10(4)7-12(8-11)9(2)3/h6-9H,2,5H2,1,3-4H3. The second-order valence-corrected chi connectivity index (χ2v) is 3.51. The Kier molecular flexibility index (Phi) is 2.91. The number of hydrogen-bond acceptors (Lipinski definition) is 0. The van der Waals surface area contributed by atoms with E-state index in [0.717, 1.165) is 6.42 Å². The number of hydrogen-bond donors (Lipinski definition) is 0. The zero-order valence-corrected chi connectivity index (χ0v) is 8.22. The van der Waals surface area contributed by atoms with Crippen LogP contribution < -0.4 is 0 Å². The monoisotopic (exact) mass is 161 g/mol. The molecule has 0 nitrogen and oxygen atoms in total. The SMILES string of the molecule is [CH2]C(C)c1cc(C)cc(CC)c1. The van der Waals surface area contributed by atoms with Crippen LogP contribution in [0.4, 0.5) is 0 Å². The van der Waals surface area contributed by atoms with Crippen molar-refractivity contribution in [3.63, 3.8) is 0 Å². The molecule has 1 radical (unpaired) electrons. The molecule has 0 aliphatic rings. The molecule has 1 atom stereocenters. The first kappa shape index (κ1) is 9.31. The summed E-state index contributed by atoms with van der Waals surface area (Å²) < 4.78 is 0. The van der Waals surface area contributed by atoms with E-state index in [-0.39, 0.29) is 0 Å². The van der Waals surface area contributed by atoms with Gasteiger partial charge in [-0.3, -0.25) is 0 Å². The van der Waals surface area contributed by atoms with Gasteiger partial charge in [0, 0.05) is 0 Å². The fourth-order valence-corrected chi connectivity index (χ4v) is 1.38. The molecule has 0 heteroatoms. The van der Waals surface area contributed by atoms with E-state index in [9.17, 15) is 0 Å². The van der Waals surface area contributed by atoms with E-state index >= 15 is 0 Å². The highest BCUT2D eigenvalue weighted by Crippen LogP contribution is 2.17. The molecule has 0 bridgehead atoms. The minimum Gasteiger partial charge on any atom is -0.0613 e. The smallest absolute Gasteiger partial charge is 0.0190 e. The number of benzene rings is 1. The van der Waals surface area contributed by atoms with Gasteiger partial charge in [0.25, 0.3) is 0 Å². The third-order valence-electron chi connectivity index (χ3n) is 2.14. The van der Waals surface area contributed by atoms with E-state index in [2.05, 4.69) is 45.9 Å². The first-order valence-electron chi connectivity index (χ1n) is 4.57. The van der Waals surface area contributed by atoms with Crippen LogP contribution in [0.25, 0.3) is 0 Å². The predicted octanol–water partition coefficient (Wildman–Crippen LogP) is 3.50. The lowest BCUT2D eigenvalue weighted by Gasteiger charge is -2.08. The van der Waals surface area contributed by atoms with Gasteiger partial charge in [0.1, 0.15) is 0 Å². The van der Waals surface area contributed by atoms with Crippen molar-refractivity contribution in [2.75, 3.05) is 0 Å². The van der Waals surface area contributed by atoms with Crippen LogP contribution in [-0.4, -0.2) is 0 Å².